The molecule has 3 N–H and O–H groups in total. The molecule has 0 spiro atoms. The summed E-state index contributed by atoms with van der Waals surface area (Å²) in [6, 6.07) is 5.30. The molecule has 2 aromatic rings. The van der Waals surface area contributed by atoms with E-state index in [2.05, 4.69) is 10.3 Å². The van der Waals surface area contributed by atoms with E-state index in [1.807, 2.05) is 6.92 Å². The van der Waals surface area contributed by atoms with Crippen LogP contribution in [0.3, 0.4) is 0 Å². The molecule has 0 saturated heterocycles. The Balaban J connectivity index is 1.97. The number of amides is 1. The fourth-order valence-electron chi connectivity index (χ4n) is 1.42. The van der Waals surface area contributed by atoms with E-state index in [4.69, 9.17) is 10.2 Å². The highest BCUT2D eigenvalue weighted by Gasteiger charge is 2.09. The number of aromatic nitrogens is 1. The fraction of sp³-hybridized carbons (Fsp3) is 0.333. The second kappa shape index (κ2) is 5.77. The standard InChI is InChI=1S/C12H15N3O2S/c1-2-5-14-11(16)7-18-12-15-9-4-3-8(13)6-10(9)17-12/h3-4,6H,2,5,7,13H2,1H3,(H,14,16). The van der Waals surface area contributed by atoms with Crippen LogP contribution in [0.4, 0.5) is 5.69 Å². The number of oxazole rings is 1. The first kappa shape index (κ1) is 12.8. The van der Waals surface area contributed by atoms with Gasteiger partial charge in [0.1, 0.15) is 5.52 Å². The van der Waals surface area contributed by atoms with Crippen LogP contribution in [0, 0.1) is 0 Å². The van der Waals surface area contributed by atoms with E-state index in [-0.39, 0.29) is 5.91 Å². The average molecular weight is 265 g/mol. The monoisotopic (exact) mass is 265 g/mol. The van der Waals surface area contributed by atoms with Crippen molar-refractivity contribution in [2.24, 2.45) is 0 Å². The minimum atomic E-state index is -0.0105. The predicted octanol–water partition coefficient (Wildman–Crippen LogP) is 2.03. The van der Waals surface area contributed by atoms with Crippen LogP contribution >= 0.6 is 11.8 Å². The third-order valence-electron chi connectivity index (χ3n) is 2.29. The second-order valence-corrected chi connectivity index (χ2v) is 4.77. The number of nitrogens with one attached hydrogen (secondary N) is 1. The molecule has 96 valence electrons. The molecule has 0 aliphatic heterocycles. The molecule has 1 amide bonds. The van der Waals surface area contributed by atoms with E-state index >= 15 is 0 Å². The van der Waals surface area contributed by atoms with Gasteiger partial charge in [0.05, 0.1) is 5.75 Å². The molecule has 0 fully saturated rings. The van der Waals surface area contributed by atoms with E-state index in [1.54, 1.807) is 18.2 Å². The molecule has 0 aliphatic carbocycles. The maximum absolute atomic E-state index is 11.4. The number of thioether (sulfide) groups is 1. The summed E-state index contributed by atoms with van der Waals surface area (Å²) in [6.07, 6.45) is 0.929. The number of hydrogen-bond donors (Lipinski definition) is 2. The highest BCUT2D eigenvalue weighted by molar-refractivity contribution is 7.99. The molecule has 0 radical (unpaired) electrons. The Morgan fingerprint density at radius 1 is 1.56 bits per heavy atom. The smallest absolute Gasteiger partial charge is 0.257 e. The van der Waals surface area contributed by atoms with E-state index in [0.717, 1.165) is 11.9 Å². The third-order valence-corrected chi connectivity index (χ3v) is 3.12. The van der Waals surface area contributed by atoms with Crippen molar-refractivity contribution in [2.45, 2.75) is 18.6 Å². The second-order valence-electron chi connectivity index (χ2n) is 3.85. The summed E-state index contributed by atoms with van der Waals surface area (Å²) in [5.74, 6) is 0.297. The van der Waals surface area contributed by atoms with Crippen molar-refractivity contribution in [2.75, 3.05) is 18.0 Å². The molecule has 0 bridgehead atoms. The lowest BCUT2D eigenvalue weighted by Crippen LogP contribution is -2.25. The van der Waals surface area contributed by atoms with Gasteiger partial charge in [0.15, 0.2) is 5.58 Å². The Hall–Kier alpha value is -1.69. The quantitative estimate of drug-likeness (QED) is 0.638. The first-order valence-electron chi connectivity index (χ1n) is 5.74. The van der Waals surface area contributed by atoms with Crippen molar-refractivity contribution >= 4 is 34.5 Å². The Kier molecular flexibility index (Phi) is 4.09. The molecule has 18 heavy (non-hydrogen) atoms. The van der Waals surface area contributed by atoms with E-state index in [9.17, 15) is 4.79 Å². The van der Waals surface area contributed by atoms with Gasteiger partial charge in [-0.2, -0.15) is 0 Å². The Labute approximate surface area is 109 Å². The zero-order valence-corrected chi connectivity index (χ0v) is 10.9. The van der Waals surface area contributed by atoms with E-state index in [1.165, 1.54) is 11.8 Å². The lowest BCUT2D eigenvalue weighted by Gasteiger charge is -2.00. The van der Waals surface area contributed by atoms with Gasteiger partial charge >= 0.3 is 0 Å². The van der Waals surface area contributed by atoms with Crippen LogP contribution in [-0.4, -0.2) is 23.2 Å². The third kappa shape index (κ3) is 3.16. The molecule has 2 rings (SSSR count). The summed E-state index contributed by atoms with van der Waals surface area (Å²) in [6.45, 7) is 2.71. The van der Waals surface area contributed by atoms with Crippen LogP contribution in [0.5, 0.6) is 0 Å². The maximum atomic E-state index is 11.4. The summed E-state index contributed by atoms with van der Waals surface area (Å²) in [5.41, 5.74) is 7.68. The van der Waals surface area contributed by atoms with Gasteiger partial charge in [0.2, 0.25) is 5.91 Å². The molecule has 6 heteroatoms. The van der Waals surface area contributed by atoms with Crippen LogP contribution < -0.4 is 11.1 Å². The normalized spacial score (nSPS) is 10.7. The Morgan fingerprint density at radius 3 is 3.17 bits per heavy atom. The number of anilines is 1. The molecule has 0 unspecified atom stereocenters. The number of carbonyl (C=O) groups excluding carboxylic acids is 1. The summed E-state index contributed by atoms with van der Waals surface area (Å²) in [7, 11) is 0. The number of hydrogen-bond acceptors (Lipinski definition) is 5. The molecule has 1 aromatic heterocycles. The number of nitrogen functional groups attached to an aromatic ring is 1. The topological polar surface area (TPSA) is 81.2 Å². The molecule has 0 aliphatic rings. The van der Waals surface area contributed by atoms with E-state index < -0.39 is 0 Å². The van der Waals surface area contributed by atoms with Crippen LogP contribution in [0.15, 0.2) is 27.8 Å². The van der Waals surface area contributed by atoms with Crippen molar-refractivity contribution < 1.29 is 9.21 Å². The van der Waals surface area contributed by atoms with Crippen LogP contribution in [0.2, 0.25) is 0 Å². The number of carbonyl (C=O) groups is 1. The molecule has 5 nitrogen and oxygen atoms in total. The number of benzene rings is 1. The summed E-state index contributed by atoms with van der Waals surface area (Å²) < 4.78 is 5.50. The van der Waals surface area contributed by atoms with Gasteiger partial charge in [0, 0.05) is 18.3 Å². The van der Waals surface area contributed by atoms with Crippen LogP contribution in [0.1, 0.15) is 13.3 Å². The van der Waals surface area contributed by atoms with Crippen molar-refractivity contribution in [3.8, 4) is 0 Å². The number of rotatable bonds is 5. The predicted molar refractivity (Wildman–Crippen MR) is 72.4 cm³/mol. The average Bonchev–Trinajstić information content (AvgIpc) is 2.75. The SMILES string of the molecule is CCCNC(=O)CSc1nc2ccc(N)cc2o1. The van der Waals surface area contributed by atoms with Gasteiger partial charge in [-0.3, -0.25) is 4.79 Å². The van der Waals surface area contributed by atoms with Crippen molar-refractivity contribution in [1.82, 2.24) is 10.3 Å². The fourth-order valence-corrected chi connectivity index (χ4v) is 2.09. The molecule has 1 aromatic carbocycles. The van der Waals surface area contributed by atoms with Gasteiger partial charge in [0.25, 0.3) is 5.22 Å². The largest absolute Gasteiger partial charge is 0.431 e. The zero-order chi connectivity index (χ0) is 13.0. The first-order valence-corrected chi connectivity index (χ1v) is 6.73. The van der Waals surface area contributed by atoms with Crippen LogP contribution in [-0.2, 0) is 4.79 Å². The summed E-state index contributed by atoms with van der Waals surface area (Å²) >= 11 is 1.28. The zero-order valence-electron chi connectivity index (χ0n) is 10.1. The molecule has 1 heterocycles. The van der Waals surface area contributed by atoms with Gasteiger partial charge < -0.3 is 15.5 Å². The van der Waals surface area contributed by atoms with E-state index in [0.29, 0.717) is 28.8 Å². The van der Waals surface area contributed by atoms with Crippen molar-refractivity contribution in [3.05, 3.63) is 18.2 Å². The summed E-state index contributed by atoms with van der Waals surface area (Å²) in [4.78, 5) is 15.7. The van der Waals surface area contributed by atoms with Gasteiger partial charge in [-0.05, 0) is 18.6 Å². The molecule has 0 saturated carbocycles. The minimum absolute atomic E-state index is 0.0105. The molecular weight excluding hydrogens is 250 g/mol. The maximum Gasteiger partial charge on any atom is 0.257 e. The summed E-state index contributed by atoms with van der Waals surface area (Å²) in [5, 5.41) is 3.28. The molecule has 0 atom stereocenters. The lowest BCUT2D eigenvalue weighted by molar-refractivity contribution is -0.118. The lowest BCUT2D eigenvalue weighted by atomic mass is 10.3. The van der Waals surface area contributed by atoms with Gasteiger partial charge in [-0.1, -0.05) is 18.7 Å². The minimum Gasteiger partial charge on any atom is -0.431 e. The first-order chi connectivity index (χ1) is 8.69. The van der Waals surface area contributed by atoms with Crippen molar-refractivity contribution in [3.63, 3.8) is 0 Å². The number of nitrogens with two attached hydrogens (primary N) is 1. The highest BCUT2D eigenvalue weighted by Crippen LogP contribution is 2.24. The highest BCUT2D eigenvalue weighted by atomic mass is 32.2. The molecular formula is C12H15N3O2S. The van der Waals surface area contributed by atoms with Crippen LogP contribution in [0.25, 0.3) is 11.1 Å². The number of nitrogens with zero attached hydrogens (tertiary/aromatic N) is 1. The number of fused-ring (bicyclic) bond motifs is 1. The Bertz CT molecular complexity index is 553. The Morgan fingerprint density at radius 2 is 2.39 bits per heavy atom. The van der Waals surface area contributed by atoms with Gasteiger partial charge in [-0.25, -0.2) is 4.98 Å². The van der Waals surface area contributed by atoms with Crippen molar-refractivity contribution in [1.29, 1.82) is 0 Å². The van der Waals surface area contributed by atoms with Gasteiger partial charge in [-0.15, -0.1) is 0 Å².